The lowest BCUT2D eigenvalue weighted by Crippen LogP contribution is -2.42. The Morgan fingerprint density at radius 2 is 1.88 bits per heavy atom. The maximum absolute atomic E-state index is 13.0. The fourth-order valence-corrected chi connectivity index (χ4v) is 4.81. The van der Waals surface area contributed by atoms with Gasteiger partial charge in [0.1, 0.15) is 5.75 Å². The maximum atomic E-state index is 13.0. The van der Waals surface area contributed by atoms with Crippen LogP contribution in [0.25, 0.3) is 10.4 Å². The minimum Gasteiger partial charge on any atom is -0.435 e. The fraction of sp³-hybridized carbons (Fsp3) is 0.421. The summed E-state index contributed by atoms with van der Waals surface area (Å²) < 4.78 is 28.9. The molecular formula is C19H20F2N2O2S. The molecule has 1 aromatic heterocycles. The second kappa shape index (κ2) is 7.32. The van der Waals surface area contributed by atoms with Crippen molar-refractivity contribution in [3.8, 4) is 16.2 Å². The van der Waals surface area contributed by atoms with Gasteiger partial charge in [-0.25, -0.2) is 0 Å². The lowest BCUT2D eigenvalue weighted by Gasteiger charge is -2.27. The molecule has 2 saturated heterocycles. The Kier molecular flexibility index (Phi) is 4.91. The smallest absolute Gasteiger partial charge is 0.387 e. The van der Waals surface area contributed by atoms with Gasteiger partial charge in [0.15, 0.2) is 0 Å². The first kappa shape index (κ1) is 17.4. The highest BCUT2D eigenvalue weighted by Crippen LogP contribution is 2.34. The molecule has 0 saturated carbocycles. The monoisotopic (exact) mass is 378 g/mol. The molecule has 1 N–H and O–H groups in total. The van der Waals surface area contributed by atoms with Crippen LogP contribution in [0, 0.1) is 0 Å². The molecule has 2 aromatic rings. The van der Waals surface area contributed by atoms with E-state index in [0.717, 1.165) is 47.7 Å². The average molecular weight is 378 g/mol. The number of nitrogens with one attached hydrogen (secondary N) is 1. The van der Waals surface area contributed by atoms with E-state index in [4.69, 9.17) is 0 Å². The van der Waals surface area contributed by atoms with Crippen LogP contribution in [-0.4, -0.2) is 42.6 Å². The lowest BCUT2D eigenvalue weighted by molar-refractivity contribution is -0.0498. The van der Waals surface area contributed by atoms with Crippen LogP contribution in [0.3, 0.4) is 0 Å². The summed E-state index contributed by atoms with van der Waals surface area (Å²) in [6.07, 6.45) is 3.15. The van der Waals surface area contributed by atoms with Crippen LogP contribution in [0.15, 0.2) is 36.4 Å². The van der Waals surface area contributed by atoms with E-state index in [1.54, 1.807) is 12.1 Å². The number of halogens is 2. The number of thiophene rings is 1. The third kappa shape index (κ3) is 3.46. The van der Waals surface area contributed by atoms with Crippen LogP contribution in [0.4, 0.5) is 8.78 Å². The molecule has 0 spiro atoms. The molecule has 26 heavy (non-hydrogen) atoms. The Bertz CT molecular complexity index is 764. The first-order valence-electron chi connectivity index (χ1n) is 8.80. The van der Waals surface area contributed by atoms with Crippen molar-refractivity contribution in [3.63, 3.8) is 0 Å². The van der Waals surface area contributed by atoms with E-state index in [1.807, 2.05) is 12.1 Å². The number of hydrogen-bond acceptors (Lipinski definition) is 4. The number of fused-ring (bicyclic) bond motifs is 2. The number of benzene rings is 1. The third-order valence-corrected chi connectivity index (χ3v) is 6.19. The summed E-state index contributed by atoms with van der Waals surface area (Å²) in [5.41, 5.74) is 0.885. The fourth-order valence-electron chi connectivity index (χ4n) is 3.85. The van der Waals surface area contributed by atoms with Crippen molar-refractivity contribution >= 4 is 17.2 Å². The van der Waals surface area contributed by atoms with E-state index in [0.29, 0.717) is 6.04 Å². The predicted octanol–water partition coefficient (Wildman–Crippen LogP) is 3.98. The highest BCUT2D eigenvalue weighted by atomic mass is 32.1. The maximum Gasteiger partial charge on any atom is 0.387 e. The Labute approximate surface area is 154 Å². The van der Waals surface area contributed by atoms with Gasteiger partial charge in [0.25, 0.3) is 5.91 Å². The largest absolute Gasteiger partial charge is 0.435 e. The summed E-state index contributed by atoms with van der Waals surface area (Å²) in [6, 6.07) is 10.9. The molecule has 1 aromatic carbocycles. The van der Waals surface area contributed by atoms with E-state index in [2.05, 4.69) is 15.0 Å². The molecule has 3 heterocycles. The van der Waals surface area contributed by atoms with Gasteiger partial charge < -0.3 is 15.0 Å². The van der Waals surface area contributed by atoms with Crippen LogP contribution < -0.4 is 10.1 Å². The van der Waals surface area contributed by atoms with Gasteiger partial charge in [-0.15, -0.1) is 11.3 Å². The molecule has 7 heteroatoms. The first-order chi connectivity index (χ1) is 12.6. The van der Waals surface area contributed by atoms with Crippen molar-refractivity contribution in [1.82, 2.24) is 10.2 Å². The van der Waals surface area contributed by atoms with Crippen LogP contribution in [0.5, 0.6) is 5.75 Å². The Hall–Kier alpha value is -1.99. The minimum atomic E-state index is -2.83. The molecule has 2 bridgehead atoms. The SMILES string of the molecule is O=C(c1ccc(-c2ccc(OC(F)F)cc2)s1)N1C2CCNCC1CC2. The zero-order chi connectivity index (χ0) is 18.1. The molecule has 2 aliphatic heterocycles. The number of carbonyl (C=O) groups excluding carboxylic acids is 1. The summed E-state index contributed by atoms with van der Waals surface area (Å²) in [4.78, 5) is 16.8. The number of nitrogens with zero attached hydrogens (tertiary/aromatic N) is 1. The molecule has 2 atom stereocenters. The number of amides is 1. The lowest BCUT2D eigenvalue weighted by atomic mass is 10.1. The summed E-state index contributed by atoms with van der Waals surface area (Å²) in [7, 11) is 0. The molecule has 138 valence electrons. The average Bonchev–Trinajstić information content (AvgIpc) is 3.18. The standard InChI is InChI=1S/C19H20F2N2O2S/c20-19(21)25-15-5-1-12(2-6-15)16-7-8-17(26-16)18(24)23-13-3-4-14(23)11-22-10-9-13/h1-2,5-8,13-14,19,22H,3-4,9-11H2. The summed E-state index contributed by atoms with van der Waals surface area (Å²) in [5.74, 6) is 0.236. The Morgan fingerprint density at radius 1 is 1.12 bits per heavy atom. The van der Waals surface area contributed by atoms with E-state index < -0.39 is 6.61 Å². The van der Waals surface area contributed by atoms with E-state index >= 15 is 0 Å². The van der Waals surface area contributed by atoms with Crippen molar-refractivity contribution in [2.45, 2.75) is 38.0 Å². The summed E-state index contributed by atoms with van der Waals surface area (Å²) >= 11 is 1.45. The van der Waals surface area contributed by atoms with Gasteiger partial charge in [0.05, 0.1) is 4.88 Å². The Balaban J connectivity index is 1.51. The van der Waals surface area contributed by atoms with Gasteiger partial charge >= 0.3 is 6.61 Å². The number of hydrogen-bond donors (Lipinski definition) is 1. The second-order valence-electron chi connectivity index (χ2n) is 6.66. The van der Waals surface area contributed by atoms with Crippen LogP contribution in [0.1, 0.15) is 28.9 Å². The second-order valence-corrected chi connectivity index (χ2v) is 7.74. The van der Waals surface area contributed by atoms with Crippen LogP contribution in [0.2, 0.25) is 0 Å². The van der Waals surface area contributed by atoms with Crippen molar-refractivity contribution in [3.05, 3.63) is 41.3 Å². The molecule has 0 radical (unpaired) electrons. The van der Waals surface area contributed by atoms with Gasteiger partial charge in [0, 0.05) is 23.5 Å². The molecule has 2 unspecified atom stereocenters. The molecule has 4 rings (SSSR count). The van der Waals surface area contributed by atoms with Crippen molar-refractivity contribution in [1.29, 1.82) is 0 Å². The highest BCUT2D eigenvalue weighted by molar-refractivity contribution is 7.17. The van der Waals surface area contributed by atoms with Crippen molar-refractivity contribution in [2.24, 2.45) is 0 Å². The van der Waals surface area contributed by atoms with E-state index in [-0.39, 0.29) is 17.7 Å². The number of rotatable bonds is 4. The molecule has 0 aliphatic carbocycles. The normalized spacial score (nSPS) is 22.5. The van der Waals surface area contributed by atoms with Gasteiger partial charge in [-0.3, -0.25) is 4.79 Å². The summed E-state index contributed by atoms with van der Waals surface area (Å²) in [6.45, 7) is -0.995. The molecule has 2 fully saturated rings. The van der Waals surface area contributed by atoms with Gasteiger partial charge in [-0.05, 0) is 67.8 Å². The van der Waals surface area contributed by atoms with E-state index in [9.17, 15) is 13.6 Å². The van der Waals surface area contributed by atoms with Gasteiger partial charge in [0.2, 0.25) is 0 Å². The first-order valence-corrected chi connectivity index (χ1v) is 9.62. The Morgan fingerprint density at radius 3 is 2.65 bits per heavy atom. The van der Waals surface area contributed by atoms with Gasteiger partial charge in [-0.1, -0.05) is 0 Å². The summed E-state index contributed by atoms with van der Waals surface area (Å²) in [5, 5.41) is 3.41. The van der Waals surface area contributed by atoms with Crippen molar-refractivity contribution < 1.29 is 18.3 Å². The third-order valence-electron chi connectivity index (χ3n) is 5.07. The number of alkyl halides is 2. The molecule has 1 amide bonds. The topological polar surface area (TPSA) is 41.6 Å². The zero-order valence-electron chi connectivity index (χ0n) is 14.2. The van der Waals surface area contributed by atoms with Gasteiger partial charge in [-0.2, -0.15) is 8.78 Å². The highest BCUT2D eigenvalue weighted by Gasteiger charge is 2.38. The predicted molar refractivity (Wildman–Crippen MR) is 96.9 cm³/mol. The van der Waals surface area contributed by atoms with Crippen LogP contribution in [-0.2, 0) is 0 Å². The molecular weight excluding hydrogens is 358 g/mol. The van der Waals surface area contributed by atoms with Crippen LogP contribution >= 0.6 is 11.3 Å². The molecule has 2 aliphatic rings. The number of carbonyl (C=O) groups is 1. The molecule has 4 nitrogen and oxygen atoms in total. The minimum absolute atomic E-state index is 0.107. The zero-order valence-corrected chi connectivity index (χ0v) is 15.0. The van der Waals surface area contributed by atoms with E-state index in [1.165, 1.54) is 23.5 Å². The number of ether oxygens (including phenoxy) is 1. The van der Waals surface area contributed by atoms with Crippen molar-refractivity contribution in [2.75, 3.05) is 13.1 Å². The quantitative estimate of drug-likeness (QED) is 0.875.